The van der Waals surface area contributed by atoms with E-state index in [4.69, 9.17) is 0 Å². The van der Waals surface area contributed by atoms with Gasteiger partial charge in [-0.2, -0.15) is 31.4 Å². The number of hydrogen-bond donors (Lipinski definition) is 0. The average Bonchev–Trinajstić information content (AvgIpc) is 3.40. The zero-order valence-corrected chi connectivity index (χ0v) is 17.1. The Balaban J connectivity index is 1.84. The molecule has 4 rings (SSSR count). The van der Waals surface area contributed by atoms with Crippen molar-refractivity contribution >= 4 is 15.5 Å². The summed E-state index contributed by atoms with van der Waals surface area (Å²) in [6.07, 6.45) is -6.56. The standard InChI is InChI=1S/C17H11F6N7O2S/c1-2-33(31,32)11-5-9(7-24-14(11)30-8-25-15(28-30)17(21,22)23)10-3-4-29-13(26-10)6-12(27-29)16(18,19)20/h3-8H,2H2,1H3. The van der Waals surface area contributed by atoms with Crippen molar-refractivity contribution in [3.8, 4) is 17.1 Å². The van der Waals surface area contributed by atoms with Crippen molar-refractivity contribution in [2.45, 2.75) is 24.2 Å². The molecule has 0 aliphatic heterocycles. The van der Waals surface area contributed by atoms with Crippen molar-refractivity contribution in [3.05, 3.63) is 48.4 Å². The second-order valence-electron chi connectivity index (χ2n) is 6.60. The van der Waals surface area contributed by atoms with Gasteiger partial charge in [0.1, 0.15) is 11.2 Å². The maximum atomic E-state index is 12.9. The van der Waals surface area contributed by atoms with E-state index in [0.717, 1.165) is 16.8 Å². The summed E-state index contributed by atoms with van der Waals surface area (Å²) in [6.45, 7) is 1.32. The Hall–Kier alpha value is -3.56. The fourth-order valence-corrected chi connectivity index (χ4v) is 3.85. The lowest BCUT2D eigenvalue weighted by atomic mass is 10.2. The molecular weight excluding hydrogens is 480 g/mol. The third-order valence-corrected chi connectivity index (χ3v) is 6.15. The van der Waals surface area contributed by atoms with Crippen LogP contribution in [0.1, 0.15) is 18.4 Å². The number of sulfone groups is 1. The van der Waals surface area contributed by atoms with Gasteiger partial charge in [0, 0.05) is 24.0 Å². The third-order valence-electron chi connectivity index (χ3n) is 4.42. The lowest BCUT2D eigenvalue weighted by Crippen LogP contribution is -2.13. The smallest absolute Gasteiger partial charge is 0.235 e. The Kier molecular flexibility index (Phi) is 5.14. The number of nitrogens with zero attached hydrogens (tertiary/aromatic N) is 7. The van der Waals surface area contributed by atoms with Crippen molar-refractivity contribution in [1.29, 1.82) is 0 Å². The molecule has 16 heteroatoms. The molecule has 9 nitrogen and oxygen atoms in total. The van der Waals surface area contributed by atoms with Gasteiger partial charge in [-0.15, -0.1) is 5.10 Å². The highest BCUT2D eigenvalue weighted by atomic mass is 32.2. The minimum atomic E-state index is -4.85. The second-order valence-corrected chi connectivity index (χ2v) is 8.85. The summed E-state index contributed by atoms with van der Waals surface area (Å²) in [5, 5.41) is 6.62. The molecule has 33 heavy (non-hydrogen) atoms. The van der Waals surface area contributed by atoms with Gasteiger partial charge in [0.25, 0.3) is 5.82 Å². The zero-order chi connectivity index (χ0) is 24.2. The summed E-state index contributed by atoms with van der Waals surface area (Å²) in [6, 6.07) is 3.11. The fraction of sp³-hybridized carbons (Fsp3) is 0.235. The lowest BCUT2D eigenvalue weighted by molar-refractivity contribution is -0.145. The van der Waals surface area contributed by atoms with Crippen LogP contribution in [0, 0.1) is 0 Å². The minimum absolute atomic E-state index is 0.0669. The molecule has 4 aromatic rings. The van der Waals surface area contributed by atoms with Crippen LogP contribution < -0.4 is 0 Å². The molecule has 0 aromatic carbocycles. The Bertz CT molecular complexity index is 1460. The van der Waals surface area contributed by atoms with Crippen molar-refractivity contribution in [1.82, 2.24) is 34.3 Å². The molecule has 0 saturated carbocycles. The number of hydrogen-bond acceptors (Lipinski definition) is 7. The number of pyridine rings is 1. The van der Waals surface area contributed by atoms with Gasteiger partial charge in [-0.05, 0) is 12.1 Å². The van der Waals surface area contributed by atoms with E-state index in [1.807, 2.05) is 0 Å². The summed E-state index contributed by atoms with van der Waals surface area (Å²) >= 11 is 0. The normalized spacial score (nSPS) is 13.1. The van der Waals surface area contributed by atoms with E-state index in [-0.39, 0.29) is 16.9 Å². The number of alkyl halides is 6. The predicted octanol–water partition coefficient (Wildman–Crippen LogP) is 3.20. The van der Waals surface area contributed by atoms with Crippen LogP contribution in [0.15, 0.2) is 41.8 Å². The molecule has 0 aliphatic carbocycles. The van der Waals surface area contributed by atoms with Gasteiger partial charge in [-0.3, -0.25) is 0 Å². The first-order valence-electron chi connectivity index (χ1n) is 8.95. The summed E-state index contributed by atoms with van der Waals surface area (Å²) in [5.74, 6) is -2.31. The topological polar surface area (TPSA) is 108 Å². The highest BCUT2D eigenvalue weighted by molar-refractivity contribution is 7.91. The Morgan fingerprint density at radius 2 is 1.73 bits per heavy atom. The SMILES string of the molecule is CCS(=O)(=O)c1cc(-c2ccn3nc(C(F)(F)F)cc3n2)cnc1-n1cnc(C(F)(F)F)n1. The Labute approximate surface area is 180 Å². The Morgan fingerprint density at radius 3 is 2.33 bits per heavy atom. The number of rotatable bonds is 4. The largest absolute Gasteiger partial charge is 0.453 e. The van der Waals surface area contributed by atoms with Crippen LogP contribution in [0.3, 0.4) is 0 Å². The van der Waals surface area contributed by atoms with Crippen molar-refractivity contribution < 1.29 is 34.8 Å². The van der Waals surface area contributed by atoms with Gasteiger partial charge in [-0.25, -0.2) is 32.6 Å². The maximum Gasteiger partial charge on any atom is 0.453 e. The molecule has 0 bridgehead atoms. The second kappa shape index (κ2) is 7.50. The molecule has 0 N–H and O–H groups in total. The fourth-order valence-electron chi connectivity index (χ4n) is 2.81. The van der Waals surface area contributed by atoms with E-state index in [1.165, 1.54) is 19.2 Å². The van der Waals surface area contributed by atoms with E-state index in [2.05, 4.69) is 25.1 Å². The number of halogens is 6. The quantitative estimate of drug-likeness (QED) is 0.404. The van der Waals surface area contributed by atoms with Gasteiger partial charge in [-0.1, -0.05) is 6.92 Å². The molecule has 0 saturated heterocycles. The highest BCUT2D eigenvalue weighted by Gasteiger charge is 2.37. The van der Waals surface area contributed by atoms with Gasteiger partial charge in [0.15, 0.2) is 27.0 Å². The number of fused-ring (bicyclic) bond motifs is 1. The molecule has 4 aromatic heterocycles. The van der Waals surface area contributed by atoms with Gasteiger partial charge in [0.05, 0.1) is 11.4 Å². The third kappa shape index (κ3) is 4.24. The lowest BCUT2D eigenvalue weighted by Gasteiger charge is -2.10. The molecule has 0 atom stereocenters. The highest BCUT2D eigenvalue weighted by Crippen LogP contribution is 2.30. The van der Waals surface area contributed by atoms with Crippen molar-refractivity contribution in [3.63, 3.8) is 0 Å². The summed E-state index contributed by atoms with van der Waals surface area (Å²) in [4.78, 5) is 10.7. The molecule has 174 valence electrons. The molecule has 0 amide bonds. The van der Waals surface area contributed by atoms with Crippen LogP contribution in [0.2, 0.25) is 0 Å². The van der Waals surface area contributed by atoms with E-state index in [9.17, 15) is 34.8 Å². The molecule has 4 heterocycles. The van der Waals surface area contributed by atoms with Crippen molar-refractivity contribution in [2.75, 3.05) is 5.75 Å². The number of aromatic nitrogens is 7. The van der Waals surface area contributed by atoms with Crippen LogP contribution in [0.25, 0.3) is 22.7 Å². The van der Waals surface area contributed by atoms with E-state index < -0.39 is 50.2 Å². The van der Waals surface area contributed by atoms with E-state index >= 15 is 0 Å². The Morgan fingerprint density at radius 1 is 1.00 bits per heavy atom. The van der Waals surface area contributed by atoms with Crippen LogP contribution in [-0.4, -0.2) is 48.5 Å². The molecule has 0 fully saturated rings. The summed E-state index contributed by atoms with van der Waals surface area (Å²) < 4.78 is 104. The first-order chi connectivity index (χ1) is 15.3. The molecule has 0 radical (unpaired) electrons. The molecule has 0 spiro atoms. The van der Waals surface area contributed by atoms with Crippen LogP contribution in [0.4, 0.5) is 26.3 Å². The molecule has 0 unspecified atom stereocenters. The molecular formula is C17H11F6N7O2S. The van der Waals surface area contributed by atoms with E-state index in [0.29, 0.717) is 17.1 Å². The summed E-state index contributed by atoms with van der Waals surface area (Å²) in [5.41, 5.74) is -1.16. The van der Waals surface area contributed by atoms with Crippen LogP contribution in [0.5, 0.6) is 0 Å². The van der Waals surface area contributed by atoms with Gasteiger partial charge < -0.3 is 0 Å². The van der Waals surface area contributed by atoms with Crippen LogP contribution in [-0.2, 0) is 22.2 Å². The average molecular weight is 491 g/mol. The van der Waals surface area contributed by atoms with Gasteiger partial charge >= 0.3 is 12.4 Å². The molecule has 0 aliphatic rings. The predicted molar refractivity (Wildman–Crippen MR) is 98.9 cm³/mol. The van der Waals surface area contributed by atoms with Crippen molar-refractivity contribution in [2.24, 2.45) is 0 Å². The monoisotopic (exact) mass is 491 g/mol. The van der Waals surface area contributed by atoms with E-state index in [1.54, 1.807) is 0 Å². The first-order valence-corrected chi connectivity index (χ1v) is 10.6. The summed E-state index contributed by atoms with van der Waals surface area (Å²) in [7, 11) is -4.02. The minimum Gasteiger partial charge on any atom is -0.235 e. The maximum absolute atomic E-state index is 12.9. The van der Waals surface area contributed by atoms with Gasteiger partial charge in [0.2, 0.25) is 0 Å². The zero-order valence-electron chi connectivity index (χ0n) is 16.3. The first kappa shape index (κ1) is 22.6. The van der Waals surface area contributed by atoms with Crippen LogP contribution >= 0.6 is 0 Å².